The third-order valence-electron chi connectivity index (χ3n) is 2.74. The molecule has 0 fully saturated rings. The molecule has 0 aliphatic heterocycles. The van der Waals surface area contributed by atoms with Gasteiger partial charge in [-0.05, 0) is 19.8 Å². The Labute approximate surface area is 95.3 Å². The minimum Gasteiger partial charge on any atom is -0.271 e. The van der Waals surface area contributed by atoms with Crippen LogP contribution in [0, 0.1) is 0 Å². The Hall–Kier alpha value is -0.340. The van der Waals surface area contributed by atoms with Crippen molar-refractivity contribution in [2.24, 2.45) is 5.84 Å². The molecule has 90 valence electrons. The molecular formula is C13H28N2. The van der Waals surface area contributed by atoms with Gasteiger partial charge in [-0.1, -0.05) is 51.0 Å². The van der Waals surface area contributed by atoms with Crippen molar-refractivity contribution in [2.75, 3.05) is 0 Å². The molecular weight excluding hydrogens is 184 g/mol. The third kappa shape index (κ3) is 9.95. The monoisotopic (exact) mass is 212 g/mol. The van der Waals surface area contributed by atoms with E-state index >= 15 is 0 Å². The van der Waals surface area contributed by atoms with Gasteiger partial charge in [0.05, 0.1) is 0 Å². The van der Waals surface area contributed by atoms with Gasteiger partial charge in [-0.3, -0.25) is 11.3 Å². The molecule has 0 aromatic carbocycles. The van der Waals surface area contributed by atoms with E-state index in [-0.39, 0.29) is 0 Å². The first-order valence-corrected chi connectivity index (χ1v) is 6.31. The summed E-state index contributed by atoms with van der Waals surface area (Å²) in [6.07, 6.45) is 10.3. The molecule has 0 amide bonds. The zero-order chi connectivity index (χ0) is 11.5. The molecule has 2 nitrogen and oxygen atoms in total. The summed E-state index contributed by atoms with van der Waals surface area (Å²) in [5.74, 6) is 5.49. The number of hydrogen-bond donors (Lipinski definition) is 2. The van der Waals surface area contributed by atoms with Crippen LogP contribution in [0.4, 0.5) is 0 Å². The zero-order valence-corrected chi connectivity index (χ0v) is 10.5. The Morgan fingerprint density at radius 3 is 2.33 bits per heavy atom. The summed E-state index contributed by atoms with van der Waals surface area (Å²) in [5.41, 5.74) is 4.09. The number of nitrogens with two attached hydrogens (primary N) is 1. The van der Waals surface area contributed by atoms with Crippen LogP contribution in [-0.4, -0.2) is 6.04 Å². The molecule has 0 bridgehead atoms. The first-order chi connectivity index (χ1) is 7.20. The first kappa shape index (κ1) is 14.7. The predicted octanol–water partition coefficient (Wildman–Crippen LogP) is 3.54. The van der Waals surface area contributed by atoms with E-state index in [9.17, 15) is 0 Å². The number of unbranched alkanes of at least 4 members (excludes halogenated alkanes) is 5. The smallest absolute Gasteiger partial charge is 0.0247 e. The van der Waals surface area contributed by atoms with E-state index in [1.54, 1.807) is 0 Å². The fourth-order valence-corrected chi connectivity index (χ4v) is 1.84. The molecule has 0 aromatic heterocycles. The molecule has 0 aliphatic carbocycles. The van der Waals surface area contributed by atoms with Crippen molar-refractivity contribution >= 4 is 0 Å². The number of rotatable bonds is 10. The van der Waals surface area contributed by atoms with Gasteiger partial charge >= 0.3 is 0 Å². The molecule has 0 saturated carbocycles. The van der Waals surface area contributed by atoms with E-state index in [0.717, 1.165) is 6.42 Å². The van der Waals surface area contributed by atoms with Gasteiger partial charge in [-0.25, -0.2) is 0 Å². The second kappa shape index (κ2) is 10.2. The number of hydrogen-bond acceptors (Lipinski definition) is 2. The van der Waals surface area contributed by atoms with Gasteiger partial charge in [0.25, 0.3) is 0 Å². The maximum absolute atomic E-state index is 5.49. The Morgan fingerprint density at radius 1 is 1.20 bits per heavy atom. The van der Waals surface area contributed by atoms with Crippen molar-refractivity contribution < 1.29 is 0 Å². The topological polar surface area (TPSA) is 38.0 Å². The van der Waals surface area contributed by atoms with Crippen LogP contribution in [0.25, 0.3) is 0 Å². The molecule has 1 atom stereocenters. The quantitative estimate of drug-likeness (QED) is 0.251. The minimum absolute atomic E-state index is 0.425. The second-order valence-corrected chi connectivity index (χ2v) is 4.58. The van der Waals surface area contributed by atoms with Gasteiger partial charge in [0.1, 0.15) is 0 Å². The highest BCUT2D eigenvalue weighted by Crippen LogP contribution is 2.12. The lowest BCUT2D eigenvalue weighted by Crippen LogP contribution is -2.35. The summed E-state index contributed by atoms with van der Waals surface area (Å²) in [6.45, 7) is 8.23. The summed E-state index contributed by atoms with van der Waals surface area (Å²) in [4.78, 5) is 0. The van der Waals surface area contributed by atoms with Gasteiger partial charge in [0, 0.05) is 6.04 Å². The Balaban J connectivity index is 3.34. The highest BCUT2D eigenvalue weighted by Gasteiger charge is 2.05. The molecule has 0 rings (SSSR count). The van der Waals surface area contributed by atoms with Crippen LogP contribution in [0.15, 0.2) is 12.2 Å². The van der Waals surface area contributed by atoms with Crippen molar-refractivity contribution in [1.82, 2.24) is 5.43 Å². The summed E-state index contributed by atoms with van der Waals surface area (Å²) >= 11 is 0. The van der Waals surface area contributed by atoms with Crippen LogP contribution < -0.4 is 11.3 Å². The molecule has 0 spiro atoms. The number of hydrazine groups is 1. The predicted molar refractivity (Wildman–Crippen MR) is 68.5 cm³/mol. The molecule has 0 saturated heterocycles. The lowest BCUT2D eigenvalue weighted by atomic mass is 10.0. The van der Waals surface area contributed by atoms with Crippen LogP contribution in [0.2, 0.25) is 0 Å². The van der Waals surface area contributed by atoms with E-state index in [2.05, 4.69) is 25.9 Å². The molecule has 2 heteroatoms. The maximum Gasteiger partial charge on any atom is 0.0247 e. The highest BCUT2D eigenvalue weighted by molar-refractivity contribution is 4.92. The second-order valence-electron chi connectivity index (χ2n) is 4.58. The standard InChI is InChI=1S/C13H28N2/c1-4-5-6-7-8-9-10-13(15-14)11-12(2)3/h13,15H,2,4-11,14H2,1,3H3. The normalized spacial score (nSPS) is 12.7. The molecule has 0 aliphatic rings. The van der Waals surface area contributed by atoms with E-state index in [0.29, 0.717) is 6.04 Å². The zero-order valence-electron chi connectivity index (χ0n) is 10.5. The fraction of sp³-hybridized carbons (Fsp3) is 0.846. The SMILES string of the molecule is C=C(C)CC(CCCCCCCC)NN. The van der Waals surface area contributed by atoms with Crippen molar-refractivity contribution in [3.8, 4) is 0 Å². The molecule has 0 heterocycles. The maximum atomic E-state index is 5.49. The Kier molecular flexibility index (Phi) is 9.96. The average Bonchev–Trinajstić information content (AvgIpc) is 2.20. The third-order valence-corrected chi connectivity index (χ3v) is 2.74. The Morgan fingerprint density at radius 2 is 1.80 bits per heavy atom. The van der Waals surface area contributed by atoms with Gasteiger partial charge in [-0.15, -0.1) is 6.58 Å². The summed E-state index contributed by atoms with van der Waals surface area (Å²) in [5, 5.41) is 0. The van der Waals surface area contributed by atoms with Crippen molar-refractivity contribution in [3.05, 3.63) is 12.2 Å². The van der Waals surface area contributed by atoms with Crippen molar-refractivity contribution in [1.29, 1.82) is 0 Å². The molecule has 0 radical (unpaired) electrons. The van der Waals surface area contributed by atoms with Crippen molar-refractivity contribution in [2.45, 2.75) is 71.3 Å². The Bertz CT molecular complexity index is 155. The van der Waals surface area contributed by atoms with Gasteiger partial charge < -0.3 is 0 Å². The summed E-state index contributed by atoms with van der Waals surface area (Å²) in [7, 11) is 0. The summed E-state index contributed by atoms with van der Waals surface area (Å²) in [6, 6.07) is 0.425. The van der Waals surface area contributed by atoms with Crippen LogP contribution in [0.1, 0.15) is 65.2 Å². The molecule has 1 unspecified atom stereocenters. The van der Waals surface area contributed by atoms with Crippen LogP contribution >= 0.6 is 0 Å². The fourth-order valence-electron chi connectivity index (χ4n) is 1.84. The lowest BCUT2D eigenvalue weighted by molar-refractivity contribution is 0.459. The van der Waals surface area contributed by atoms with Gasteiger partial charge in [-0.2, -0.15) is 0 Å². The first-order valence-electron chi connectivity index (χ1n) is 6.31. The van der Waals surface area contributed by atoms with E-state index in [1.165, 1.54) is 50.5 Å². The summed E-state index contributed by atoms with van der Waals surface area (Å²) < 4.78 is 0. The molecule has 3 N–H and O–H groups in total. The van der Waals surface area contributed by atoms with E-state index in [1.807, 2.05) is 0 Å². The largest absolute Gasteiger partial charge is 0.271 e. The van der Waals surface area contributed by atoms with E-state index in [4.69, 9.17) is 5.84 Å². The van der Waals surface area contributed by atoms with Gasteiger partial charge in [0.15, 0.2) is 0 Å². The number of nitrogens with one attached hydrogen (secondary N) is 1. The van der Waals surface area contributed by atoms with E-state index < -0.39 is 0 Å². The van der Waals surface area contributed by atoms with Crippen LogP contribution in [-0.2, 0) is 0 Å². The highest BCUT2D eigenvalue weighted by atomic mass is 15.2. The average molecular weight is 212 g/mol. The minimum atomic E-state index is 0.425. The van der Waals surface area contributed by atoms with Gasteiger partial charge in [0.2, 0.25) is 0 Å². The molecule has 0 aromatic rings. The molecule has 15 heavy (non-hydrogen) atoms. The van der Waals surface area contributed by atoms with Crippen molar-refractivity contribution in [3.63, 3.8) is 0 Å². The van der Waals surface area contributed by atoms with Crippen LogP contribution in [0.5, 0.6) is 0 Å². The van der Waals surface area contributed by atoms with Crippen LogP contribution in [0.3, 0.4) is 0 Å². The lowest BCUT2D eigenvalue weighted by Gasteiger charge is -2.15.